The fourth-order valence-electron chi connectivity index (χ4n) is 3.11. The van der Waals surface area contributed by atoms with Gasteiger partial charge in [-0.3, -0.25) is 4.98 Å². The molecule has 3 aromatic rings. The molecule has 8 heteroatoms. The summed E-state index contributed by atoms with van der Waals surface area (Å²) in [6.07, 6.45) is 1.25. The fraction of sp³-hybridized carbons (Fsp3) is 0.312. The predicted octanol–water partition coefficient (Wildman–Crippen LogP) is 3.12. The molecule has 3 aromatic heterocycles. The molecule has 4 rings (SSSR count). The number of fused-ring (bicyclic) bond motifs is 1. The molecule has 3 heterocycles. The molecule has 1 aliphatic rings. The molecular formula is C16H14F3N5. The topological polar surface area (TPSA) is 69.1 Å². The van der Waals surface area contributed by atoms with E-state index < -0.39 is 17.7 Å². The maximum atomic E-state index is 14.0. The summed E-state index contributed by atoms with van der Waals surface area (Å²) < 4.78 is 42.0. The summed E-state index contributed by atoms with van der Waals surface area (Å²) >= 11 is 0. The van der Waals surface area contributed by atoms with Gasteiger partial charge in [0.25, 0.3) is 0 Å². The lowest BCUT2D eigenvalue weighted by molar-refractivity contribution is 0.101. The van der Waals surface area contributed by atoms with Crippen LogP contribution in [0.15, 0.2) is 24.5 Å². The Hall–Kier alpha value is -2.64. The second kappa shape index (κ2) is 4.93. The van der Waals surface area contributed by atoms with Gasteiger partial charge in [-0.2, -0.15) is 0 Å². The van der Waals surface area contributed by atoms with Gasteiger partial charge in [0.2, 0.25) is 12.4 Å². The smallest absolute Gasteiger partial charge is 0.248 e. The third-order valence-electron chi connectivity index (χ3n) is 4.60. The van der Waals surface area contributed by atoms with Crippen LogP contribution in [-0.4, -0.2) is 26.0 Å². The lowest BCUT2D eigenvalue weighted by Gasteiger charge is -2.17. The lowest BCUT2D eigenvalue weighted by Crippen LogP contribution is -2.19. The molecule has 1 saturated carbocycles. The third-order valence-corrected chi connectivity index (χ3v) is 4.60. The number of pyridine rings is 1. The summed E-state index contributed by atoms with van der Waals surface area (Å²) in [6.45, 7) is 1.76. The molecule has 0 aromatic carbocycles. The Balaban J connectivity index is 1.84. The third kappa shape index (κ3) is 2.05. The van der Waals surface area contributed by atoms with Crippen LogP contribution in [0.1, 0.15) is 24.0 Å². The largest absolute Gasteiger partial charge is 0.367 e. The monoisotopic (exact) mass is 333 g/mol. The predicted molar refractivity (Wildman–Crippen MR) is 82.2 cm³/mol. The van der Waals surface area contributed by atoms with Crippen LogP contribution in [0.3, 0.4) is 0 Å². The molecule has 1 aliphatic carbocycles. The minimum absolute atomic E-state index is 0.00215. The van der Waals surface area contributed by atoms with Gasteiger partial charge < -0.3 is 5.73 Å². The molecule has 0 bridgehead atoms. The van der Waals surface area contributed by atoms with Crippen molar-refractivity contribution in [2.24, 2.45) is 0 Å². The first kappa shape index (κ1) is 14.9. The van der Waals surface area contributed by atoms with Crippen molar-refractivity contribution >= 4 is 11.5 Å². The van der Waals surface area contributed by atoms with E-state index in [-0.39, 0.29) is 11.5 Å². The van der Waals surface area contributed by atoms with Crippen LogP contribution < -0.4 is 5.73 Å². The average Bonchev–Trinajstić information content (AvgIpc) is 3.28. The van der Waals surface area contributed by atoms with Crippen LogP contribution in [0.4, 0.5) is 19.1 Å². The summed E-state index contributed by atoms with van der Waals surface area (Å²) in [5.41, 5.74) is 6.76. The van der Waals surface area contributed by atoms with Gasteiger partial charge in [0.15, 0.2) is 5.82 Å². The molecule has 0 spiro atoms. The van der Waals surface area contributed by atoms with Crippen molar-refractivity contribution in [2.75, 3.05) is 5.73 Å². The van der Waals surface area contributed by atoms with E-state index in [4.69, 9.17) is 5.73 Å². The van der Waals surface area contributed by atoms with E-state index in [9.17, 15) is 13.2 Å². The van der Waals surface area contributed by atoms with E-state index in [0.717, 1.165) is 0 Å². The molecule has 24 heavy (non-hydrogen) atoms. The van der Waals surface area contributed by atoms with Crippen LogP contribution >= 0.6 is 0 Å². The Kier molecular flexibility index (Phi) is 3.06. The number of nitrogens with zero attached hydrogens (tertiary/aromatic N) is 4. The van der Waals surface area contributed by atoms with Crippen LogP contribution in [0.25, 0.3) is 16.9 Å². The molecule has 2 N–H and O–H groups in total. The van der Waals surface area contributed by atoms with E-state index >= 15 is 0 Å². The quantitative estimate of drug-likeness (QED) is 0.799. The van der Waals surface area contributed by atoms with Crippen LogP contribution in [0, 0.1) is 12.7 Å². The summed E-state index contributed by atoms with van der Waals surface area (Å²) in [5.74, 6) is -0.498. The van der Waals surface area contributed by atoms with Gasteiger partial charge in [-0.15, -0.1) is 5.10 Å². The first-order valence-electron chi connectivity index (χ1n) is 7.48. The highest BCUT2D eigenvalue weighted by atomic mass is 19.3. The zero-order valence-electron chi connectivity index (χ0n) is 12.8. The van der Waals surface area contributed by atoms with Crippen molar-refractivity contribution in [1.82, 2.24) is 19.6 Å². The minimum Gasteiger partial charge on any atom is -0.367 e. The zero-order valence-corrected chi connectivity index (χ0v) is 12.8. The highest BCUT2D eigenvalue weighted by molar-refractivity contribution is 5.65. The number of aryl methyl sites for hydroxylation is 1. The van der Waals surface area contributed by atoms with E-state index in [0.29, 0.717) is 35.4 Å². The Morgan fingerprint density at radius 2 is 1.96 bits per heavy atom. The van der Waals surface area contributed by atoms with Crippen molar-refractivity contribution in [3.63, 3.8) is 0 Å². The summed E-state index contributed by atoms with van der Waals surface area (Å²) in [4.78, 5) is 8.04. The Bertz CT molecular complexity index is 946. The molecule has 0 aliphatic heterocycles. The molecule has 0 amide bonds. The van der Waals surface area contributed by atoms with E-state index in [1.165, 1.54) is 23.0 Å². The van der Waals surface area contributed by atoms with Gasteiger partial charge in [0, 0.05) is 12.3 Å². The van der Waals surface area contributed by atoms with Gasteiger partial charge >= 0.3 is 0 Å². The van der Waals surface area contributed by atoms with Gasteiger partial charge in [0.1, 0.15) is 5.52 Å². The van der Waals surface area contributed by atoms with Gasteiger partial charge in [-0.25, -0.2) is 22.7 Å². The van der Waals surface area contributed by atoms with Crippen molar-refractivity contribution in [3.05, 3.63) is 41.5 Å². The average molecular weight is 333 g/mol. The van der Waals surface area contributed by atoms with Crippen LogP contribution in [0.2, 0.25) is 0 Å². The standard InChI is InChI=1S/C16H14F3N5/c1-8-4-11(21-6-9(8)16(2-3-16)14(18)19)12-5-10(17)13-7-22-15(20)23-24(12)13/h4-7,14H,2-3H2,1H3,(H2,20,23). The minimum atomic E-state index is -2.41. The first-order chi connectivity index (χ1) is 11.4. The summed E-state index contributed by atoms with van der Waals surface area (Å²) in [6, 6.07) is 2.96. The molecule has 1 fully saturated rings. The number of aromatic nitrogens is 4. The lowest BCUT2D eigenvalue weighted by atomic mass is 9.93. The highest BCUT2D eigenvalue weighted by Gasteiger charge is 2.53. The summed E-state index contributed by atoms with van der Waals surface area (Å²) in [5, 5.41) is 4.00. The van der Waals surface area contributed by atoms with E-state index in [1.54, 1.807) is 13.0 Å². The van der Waals surface area contributed by atoms with Crippen molar-refractivity contribution in [3.8, 4) is 11.4 Å². The molecule has 124 valence electrons. The second-order valence-corrected chi connectivity index (χ2v) is 6.13. The van der Waals surface area contributed by atoms with Crippen molar-refractivity contribution in [2.45, 2.75) is 31.6 Å². The van der Waals surface area contributed by atoms with Crippen molar-refractivity contribution in [1.29, 1.82) is 0 Å². The normalized spacial score (nSPS) is 16.0. The van der Waals surface area contributed by atoms with Gasteiger partial charge in [-0.1, -0.05) is 0 Å². The molecule has 0 radical (unpaired) electrons. The SMILES string of the molecule is Cc1cc(-c2cc(F)c3cnc(N)nn23)ncc1C1(C(F)F)CC1. The molecule has 0 atom stereocenters. The van der Waals surface area contributed by atoms with Crippen molar-refractivity contribution < 1.29 is 13.2 Å². The Labute approximate surface area is 135 Å². The number of nitrogens with two attached hydrogens (primary N) is 1. The van der Waals surface area contributed by atoms with E-state index in [1.807, 2.05) is 0 Å². The van der Waals surface area contributed by atoms with Crippen LogP contribution in [-0.2, 0) is 5.41 Å². The van der Waals surface area contributed by atoms with E-state index in [2.05, 4.69) is 15.1 Å². The maximum Gasteiger partial charge on any atom is 0.248 e. The number of halogens is 3. The second-order valence-electron chi connectivity index (χ2n) is 6.13. The Morgan fingerprint density at radius 3 is 2.58 bits per heavy atom. The van der Waals surface area contributed by atoms with Gasteiger partial charge in [-0.05, 0) is 37.0 Å². The molecule has 0 saturated heterocycles. The maximum absolute atomic E-state index is 14.0. The number of hydrogen-bond donors (Lipinski definition) is 1. The number of anilines is 1. The van der Waals surface area contributed by atoms with Crippen LogP contribution in [0.5, 0.6) is 0 Å². The molecule has 5 nitrogen and oxygen atoms in total. The molecule has 0 unspecified atom stereocenters. The first-order valence-corrected chi connectivity index (χ1v) is 7.48. The fourth-order valence-corrected chi connectivity index (χ4v) is 3.11. The number of nitrogen functional groups attached to an aromatic ring is 1. The summed E-state index contributed by atoms with van der Waals surface area (Å²) in [7, 11) is 0. The van der Waals surface area contributed by atoms with Gasteiger partial charge in [0.05, 0.1) is 23.0 Å². The Morgan fingerprint density at radius 1 is 1.21 bits per heavy atom. The number of rotatable bonds is 3. The number of alkyl halides is 2. The zero-order chi connectivity index (χ0) is 17.1. The molecular weight excluding hydrogens is 319 g/mol. The highest BCUT2D eigenvalue weighted by Crippen LogP contribution is 2.53. The number of hydrogen-bond acceptors (Lipinski definition) is 4.